The first kappa shape index (κ1) is 17.2. The molecule has 5 heteroatoms. The summed E-state index contributed by atoms with van der Waals surface area (Å²) in [4.78, 5) is 21.5. The van der Waals surface area contributed by atoms with Crippen LogP contribution in [0.2, 0.25) is 0 Å². The summed E-state index contributed by atoms with van der Waals surface area (Å²) in [5.41, 5.74) is 3.41. The van der Waals surface area contributed by atoms with E-state index in [9.17, 15) is 4.79 Å². The van der Waals surface area contributed by atoms with Crippen molar-refractivity contribution in [3.8, 4) is 11.5 Å². The van der Waals surface area contributed by atoms with Crippen LogP contribution in [0.15, 0.2) is 47.1 Å². The van der Waals surface area contributed by atoms with Gasteiger partial charge in [0, 0.05) is 30.1 Å². The fourth-order valence-corrected chi connectivity index (χ4v) is 6.68. The van der Waals surface area contributed by atoms with Gasteiger partial charge in [0.05, 0.1) is 0 Å². The van der Waals surface area contributed by atoms with E-state index in [1.54, 1.807) is 12.4 Å². The predicted molar refractivity (Wildman–Crippen MR) is 111 cm³/mol. The van der Waals surface area contributed by atoms with E-state index in [0.717, 1.165) is 40.1 Å². The van der Waals surface area contributed by atoms with Crippen molar-refractivity contribution >= 4 is 22.7 Å². The lowest BCUT2D eigenvalue weighted by atomic mass is 9.49. The van der Waals surface area contributed by atoms with Crippen LogP contribution in [0, 0.1) is 23.2 Å². The molecule has 4 saturated carbocycles. The highest BCUT2D eigenvalue weighted by molar-refractivity contribution is 5.93. The lowest BCUT2D eigenvalue weighted by Gasteiger charge is -2.56. The molecule has 0 radical (unpaired) electrons. The molecule has 29 heavy (non-hydrogen) atoms. The number of benzene rings is 1. The molecule has 2 heterocycles. The van der Waals surface area contributed by atoms with Crippen molar-refractivity contribution in [2.75, 3.05) is 5.32 Å². The van der Waals surface area contributed by atoms with Crippen LogP contribution in [0.1, 0.15) is 44.9 Å². The number of aromatic nitrogens is 2. The van der Waals surface area contributed by atoms with E-state index >= 15 is 0 Å². The quantitative estimate of drug-likeness (QED) is 0.648. The van der Waals surface area contributed by atoms with E-state index in [2.05, 4.69) is 15.3 Å². The van der Waals surface area contributed by atoms with Crippen molar-refractivity contribution in [2.24, 2.45) is 23.2 Å². The Morgan fingerprint density at radius 3 is 2.41 bits per heavy atom. The van der Waals surface area contributed by atoms with Gasteiger partial charge < -0.3 is 9.73 Å². The topological polar surface area (TPSA) is 68.0 Å². The first-order valence-corrected chi connectivity index (χ1v) is 10.8. The molecule has 1 amide bonds. The number of nitrogens with zero attached hydrogens (tertiary/aromatic N) is 2. The number of anilines is 1. The lowest BCUT2D eigenvalue weighted by Crippen LogP contribution is -2.47. The fraction of sp³-hybridized carbons (Fsp3) is 0.458. The fourth-order valence-electron chi connectivity index (χ4n) is 6.68. The number of fused-ring (bicyclic) bond motifs is 1. The molecule has 0 unspecified atom stereocenters. The van der Waals surface area contributed by atoms with Gasteiger partial charge in [-0.15, -0.1) is 0 Å². The molecule has 148 valence electrons. The Kier molecular flexibility index (Phi) is 3.80. The highest BCUT2D eigenvalue weighted by Gasteiger charge is 2.51. The molecule has 5 nitrogen and oxygen atoms in total. The van der Waals surface area contributed by atoms with Crippen molar-refractivity contribution in [1.82, 2.24) is 9.97 Å². The lowest BCUT2D eigenvalue weighted by molar-refractivity contribution is -0.124. The zero-order valence-corrected chi connectivity index (χ0v) is 16.4. The third-order valence-corrected chi connectivity index (χ3v) is 7.30. The summed E-state index contributed by atoms with van der Waals surface area (Å²) >= 11 is 0. The molecule has 2 aromatic heterocycles. The molecule has 0 aliphatic heterocycles. The SMILES string of the molecule is O=C(CC12CC3CC(CC(C3)C1)C2)Nc1ccc2oc(-c3ccncc3)nc2c1. The summed E-state index contributed by atoms with van der Waals surface area (Å²) in [6.45, 7) is 0. The van der Waals surface area contributed by atoms with Gasteiger partial charge in [-0.05, 0) is 92.0 Å². The van der Waals surface area contributed by atoms with E-state index in [-0.39, 0.29) is 11.3 Å². The first-order chi connectivity index (χ1) is 14.1. The molecule has 0 saturated heterocycles. The molecule has 0 atom stereocenters. The number of oxazole rings is 1. The van der Waals surface area contributed by atoms with Crippen molar-refractivity contribution in [1.29, 1.82) is 0 Å². The standard InChI is InChI=1S/C24H25N3O2/c28-22(14-24-11-15-7-16(12-24)9-17(8-15)13-24)26-19-1-2-21-20(10-19)27-23(29-21)18-3-5-25-6-4-18/h1-6,10,15-17H,7-9,11-14H2,(H,26,28). The van der Waals surface area contributed by atoms with Crippen molar-refractivity contribution in [3.05, 3.63) is 42.7 Å². The van der Waals surface area contributed by atoms with Crippen molar-refractivity contribution in [2.45, 2.75) is 44.9 Å². The average Bonchev–Trinajstić information content (AvgIpc) is 3.10. The minimum atomic E-state index is 0.143. The molecule has 0 spiro atoms. The van der Waals surface area contributed by atoms with Gasteiger partial charge in [0.25, 0.3) is 0 Å². The van der Waals surface area contributed by atoms with E-state index in [1.807, 2.05) is 30.3 Å². The predicted octanol–water partition coefficient (Wildman–Crippen LogP) is 5.43. The summed E-state index contributed by atoms with van der Waals surface area (Å²) in [6, 6.07) is 9.44. The summed E-state index contributed by atoms with van der Waals surface area (Å²) in [5.74, 6) is 3.31. The number of carbonyl (C=O) groups excluding carboxylic acids is 1. The van der Waals surface area contributed by atoms with Gasteiger partial charge in [-0.25, -0.2) is 4.98 Å². The molecular formula is C24H25N3O2. The van der Waals surface area contributed by atoms with Gasteiger partial charge >= 0.3 is 0 Å². The van der Waals surface area contributed by atoms with Crippen LogP contribution in [0.25, 0.3) is 22.6 Å². The smallest absolute Gasteiger partial charge is 0.227 e. The number of hydrogen-bond donors (Lipinski definition) is 1. The second-order valence-electron chi connectivity index (χ2n) is 9.58. The zero-order chi connectivity index (χ0) is 19.4. The zero-order valence-electron chi connectivity index (χ0n) is 16.4. The monoisotopic (exact) mass is 387 g/mol. The number of hydrogen-bond acceptors (Lipinski definition) is 4. The maximum atomic E-state index is 12.9. The van der Waals surface area contributed by atoms with E-state index in [4.69, 9.17) is 4.42 Å². The van der Waals surface area contributed by atoms with Gasteiger partial charge in [-0.1, -0.05) is 0 Å². The maximum absolute atomic E-state index is 12.9. The molecule has 1 N–H and O–H groups in total. The van der Waals surface area contributed by atoms with Crippen LogP contribution in [0.5, 0.6) is 0 Å². The van der Waals surface area contributed by atoms with Crippen LogP contribution in [-0.2, 0) is 4.79 Å². The minimum Gasteiger partial charge on any atom is -0.436 e. The minimum absolute atomic E-state index is 0.143. The van der Waals surface area contributed by atoms with Crippen LogP contribution in [-0.4, -0.2) is 15.9 Å². The van der Waals surface area contributed by atoms with Gasteiger partial charge in [0.1, 0.15) is 5.52 Å². The number of pyridine rings is 1. The summed E-state index contributed by atoms with van der Waals surface area (Å²) < 4.78 is 5.85. The van der Waals surface area contributed by atoms with Gasteiger partial charge in [-0.2, -0.15) is 0 Å². The van der Waals surface area contributed by atoms with Gasteiger partial charge in [0.15, 0.2) is 5.58 Å². The largest absolute Gasteiger partial charge is 0.436 e. The first-order valence-electron chi connectivity index (χ1n) is 10.8. The third-order valence-electron chi connectivity index (χ3n) is 7.30. The number of carbonyl (C=O) groups is 1. The maximum Gasteiger partial charge on any atom is 0.227 e. The second kappa shape index (κ2) is 6.41. The van der Waals surface area contributed by atoms with E-state index < -0.39 is 0 Å². The Hall–Kier alpha value is -2.69. The van der Waals surface area contributed by atoms with E-state index in [1.165, 1.54) is 38.5 Å². The number of rotatable bonds is 4. The van der Waals surface area contributed by atoms with Crippen LogP contribution >= 0.6 is 0 Å². The molecule has 4 fully saturated rings. The molecule has 4 bridgehead atoms. The summed E-state index contributed by atoms with van der Waals surface area (Å²) in [7, 11) is 0. The normalized spacial score (nSPS) is 30.0. The van der Waals surface area contributed by atoms with Crippen molar-refractivity contribution in [3.63, 3.8) is 0 Å². The molecule has 1 aromatic carbocycles. The Morgan fingerprint density at radius 1 is 1.03 bits per heavy atom. The Morgan fingerprint density at radius 2 is 1.72 bits per heavy atom. The molecular weight excluding hydrogens is 362 g/mol. The number of amides is 1. The number of nitrogens with one attached hydrogen (secondary N) is 1. The average molecular weight is 387 g/mol. The Labute approximate surface area is 169 Å². The second-order valence-corrected chi connectivity index (χ2v) is 9.58. The van der Waals surface area contributed by atoms with Crippen LogP contribution in [0.3, 0.4) is 0 Å². The van der Waals surface area contributed by atoms with Gasteiger partial charge in [-0.3, -0.25) is 9.78 Å². The van der Waals surface area contributed by atoms with Crippen LogP contribution < -0.4 is 5.32 Å². The summed E-state index contributed by atoms with van der Waals surface area (Å²) in [6.07, 6.45) is 12.1. The van der Waals surface area contributed by atoms with Gasteiger partial charge in [0.2, 0.25) is 11.8 Å². The molecule has 3 aromatic rings. The molecule has 7 rings (SSSR count). The summed E-state index contributed by atoms with van der Waals surface area (Å²) in [5, 5.41) is 3.13. The highest BCUT2D eigenvalue weighted by atomic mass is 16.3. The van der Waals surface area contributed by atoms with E-state index in [0.29, 0.717) is 12.3 Å². The Bertz CT molecular complexity index is 1040. The molecule has 4 aliphatic carbocycles. The van der Waals surface area contributed by atoms with Crippen LogP contribution in [0.4, 0.5) is 5.69 Å². The molecule has 4 aliphatic rings. The highest BCUT2D eigenvalue weighted by Crippen LogP contribution is 2.61. The van der Waals surface area contributed by atoms with Crippen molar-refractivity contribution < 1.29 is 9.21 Å². The Balaban J connectivity index is 1.19. The third kappa shape index (κ3) is 3.13.